The van der Waals surface area contributed by atoms with Crippen LogP contribution >= 0.6 is 0 Å². The first kappa shape index (κ1) is 16.9. The van der Waals surface area contributed by atoms with Gasteiger partial charge in [-0.25, -0.2) is 9.97 Å². The van der Waals surface area contributed by atoms with E-state index in [1.807, 2.05) is 31.2 Å². The van der Waals surface area contributed by atoms with Gasteiger partial charge in [-0.1, -0.05) is 32.9 Å². The first-order chi connectivity index (χ1) is 11.0. The third-order valence-corrected chi connectivity index (χ3v) is 3.38. The van der Waals surface area contributed by atoms with Crippen LogP contribution in [0.3, 0.4) is 0 Å². The van der Waals surface area contributed by atoms with Crippen LogP contribution in [0.4, 0.5) is 11.6 Å². The molecule has 0 aliphatic carbocycles. The fraction of sp³-hybridized carbons (Fsp3) is 0.389. The molecule has 0 fully saturated rings. The summed E-state index contributed by atoms with van der Waals surface area (Å²) in [6.45, 7) is 8.94. The Bertz CT molecular complexity index is 665. The Morgan fingerprint density at radius 3 is 2.48 bits per heavy atom. The normalized spacial score (nSPS) is 10.7. The number of rotatable bonds is 6. The maximum atomic E-state index is 12.4. The molecule has 122 valence electrons. The van der Waals surface area contributed by atoms with Gasteiger partial charge in [-0.2, -0.15) is 0 Å². The van der Waals surface area contributed by atoms with E-state index in [0.29, 0.717) is 17.6 Å². The van der Waals surface area contributed by atoms with Crippen LogP contribution in [0.1, 0.15) is 42.5 Å². The Kier molecular flexibility index (Phi) is 5.68. The average Bonchev–Trinajstić information content (AvgIpc) is 2.53. The highest BCUT2D eigenvalue weighted by Crippen LogP contribution is 2.12. The zero-order valence-corrected chi connectivity index (χ0v) is 14.2. The molecule has 23 heavy (non-hydrogen) atoms. The number of nitrogens with zero attached hydrogens (tertiary/aromatic N) is 2. The standard InChI is InChI=1S/C18H24N4O/c1-5-14-6-8-15(9-7-14)21-17(23)16-10-13(4)20-18(22-16)19-11-12(2)3/h6-10,12H,5,11H2,1-4H3,(H,21,23)(H,19,20,22). The summed E-state index contributed by atoms with van der Waals surface area (Å²) in [5, 5.41) is 6.03. The molecule has 5 heteroatoms. The van der Waals surface area contributed by atoms with Gasteiger partial charge in [0.2, 0.25) is 5.95 Å². The molecule has 2 aromatic rings. The first-order valence-corrected chi connectivity index (χ1v) is 7.97. The third kappa shape index (κ3) is 5.06. The lowest BCUT2D eigenvalue weighted by atomic mass is 10.1. The first-order valence-electron chi connectivity index (χ1n) is 7.97. The monoisotopic (exact) mass is 312 g/mol. The predicted octanol–water partition coefficient (Wildman–Crippen LogP) is 3.67. The molecule has 0 aliphatic rings. The van der Waals surface area contributed by atoms with Gasteiger partial charge >= 0.3 is 0 Å². The zero-order valence-electron chi connectivity index (χ0n) is 14.2. The highest BCUT2D eigenvalue weighted by molar-refractivity contribution is 6.03. The van der Waals surface area contributed by atoms with E-state index in [9.17, 15) is 4.79 Å². The Morgan fingerprint density at radius 2 is 1.87 bits per heavy atom. The minimum atomic E-state index is -0.229. The molecule has 1 heterocycles. The van der Waals surface area contributed by atoms with Crippen molar-refractivity contribution in [1.82, 2.24) is 9.97 Å². The minimum absolute atomic E-state index is 0.229. The molecular formula is C18H24N4O. The summed E-state index contributed by atoms with van der Waals surface area (Å²) in [6.07, 6.45) is 0.976. The van der Waals surface area contributed by atoms with Gasteiger partial charge in [0.25, 0.3) is 5.91 Å². The van der Waals surface area contributed by atoms with Gasteiger partial charge in [0, 0.05) is 17.9 Å². The number of aromatic nitrogens is 2. The Morgan fingerprint density at radius 1 is 1.17 bits per heavy atom. The van der Waals surface area contributed by atoms with Crippen molar-refractivity contribution in [3.63, 3.8) is 0 Å². The van der Waals surface area contributed by atoms with Crippen LogP contribution < -0.4 is 10.6 Å². The van der Waals surface area contributed by atoms with E-state index in [0.717, 1.165) is 24.3 Å². The van der Waals surface area contributed by atoms with Crippen molar-refractivity contribution in [2.45, 2.75) is 34.1 Å². The average molecular weight is 312 g/mol. The molecule has 5 nitrogen and oxygen atoms in total. The van der Waals surface area contributed by atoms with Gasteiger partial charge < -0.3 is 10.6 Å². The van der Waals surface area contributed by atoms with Gasteiger partial charge in [-0.3, -0.25) is 4.79 Å². The van der Waals surface area contributed by atoms with Gasteiger partial charge in [0.1, 0.15) is 5.69 Å². The quantitative estimate of drug-likeness (QED) is 0.854. The van der Waals surface area contributed by atoms with Crippen LogP contribution in [0.25, 0.3) is 0 Å². The van der Waals surface area contributed by atoms with Crippen molar-refractivity contribution in [1.29, 1.82) is 0 Å². The van der Waals surface area contributed by atoms with E-state index in [1.165, 1.54) is 5.56 Å². The van der Waals surface area contributed by atoms with Gasteiger partial charge in [-0.15, -0.1) is 0 Å². The van der Waals surface area contributed by atoms with Crippen LogP contribution in [0.15, 0.2) is 30.3 Å². The number of carbonyl (C=O) groups is 1. The predicted molar refractivity (Wildman–Crippen MR) is 93.9 cm³/mol. The van der Waals surface area contributed by atoms with Crippen LogP contribution in [0, 0.1) is 12.8 Å². The van der Waals surface area contributed by atoms with E-state index in [-0.39, 0.29) is 5.91 Å². The lowest BCUT2D eigenvalue weighted by molar-refractivity contribution is 0.102. The van der Waals surface area contributed by atoms with Crippen LogP contribution in [-0.2, 0) is 6.42 Å². The highest BCUT2D eigenvalue weighted by Gasteiger charge is 2.11. The van der Waals surface area contributed by atoms with Crippen LogP contribution in [0.5, 0.6) is 0 Å². The smallest absolute Gasteiger partial charge is 0.274 e. The number of nitrogens with one attached hydrogen (secondary N) is 2. The lowest BCUT2D eigenvalue weighted by Crippen LogP contribution is -2.17. The zero-order chi connectivity index (χ0) is 16.8. The summed E-state index contributed by atoms with van der Waals surface area (Å²) in [7, 11) is 0. The Hall–Kier alpha value is -2.43. The molecule has 0 spiro atoms. The number of hydrogen-bond acceptors (Lipinski definition) is 4. The largest absolute Gasteiger partial charge is 0.354 e. The number of anilines is 2. The SMILES string of the molecule is CCc1ccc(NC(=O)c2cc(C)nc(NCC(C)C)n2)cc1. The molecule has 1 amide bonds. The second kappa shape index (κ2) is 7.72. The maximum absolute atomic E-state index is 12.4. The fourth-order valence-electron chi connectivity index (χ4n) is 2.08. The molecule has 2 rings (SSSR count). The number of aryl methyl sites for hydroxylation is 2. The highest BCUT2D eigenvalue weighted by atomic mass is 16.1. The van der Waals surface area contributed by atoms with Crippen molar-refractivity contribution in [3.05, 3.63) is 47.3 Å². The van der Waals surface area contributed by atoms with Gasteiger partial charge in [0.05, 0.1) is 0 Å². The molecule has 0 saturated carbocycles. The third-order valence-electron chi connectivity index (χ3n) is 3.38. The molecular weight excluding hydrogens is 288 g/mol. The molecule has 0 aliphatic heterocycles. The van der Waals surface area contributed by atoms with Crippen molar-refractivity contribution in [3.8, 4) is 0 Å². The summed E-state index contributed by atoms with van der Waals surface area (Å²) in [5.41, 5.74) is 3.13. The molecule has 0 atom stereocenters. The summed E-state index contributed by atoms with van der Waals surface area (Å²) in [5.74, 6) is 0.742. The van der Waals surface area contributed by atoms with Crippen molar-refractivity contribution in [2.75, 3.05) is 17.2 Å². The Labute approximate surface area is 137 Å². The summed E-state index contributed by atoms with van der Waals surface area (Å²) >= 11 is 0. The van der Waals surface area contributed by atoms with E-state index >= 15 is 0 Å². The second-order valence-corrected chi connectivity index (χ2v) is 6.00. The number of hydrogen-bond donors (Lipinski definition) is 2. The molecule has 1 aromatic heterocycles. The fourth-order valence-corrected chi connectivity index (χ4v) is 2.08. The van der Waals surface area contributed by atoms with E-state index < -0.39 is 0 Å². The summed E-state index contributed by atoms with van der Waals surface area (Å²) in [4.78, 5) is 21.0. The van der Waals surface area contributed by atoms with Crippen molar-refractivity contribution >= 4 is 17.5 Å². The van der Waals surface area contributed by atoms with Crippen molar-refractivity contribution < 1.29 is 4.79 Å². The minimum Gasteiger partial charge on any atom is -0.354 e. The topological polar surface area (TPSA) is 66.9 Å². The van der Waals surface area contributed by atoms with Gasteiger partial charge in [0.15, 0.2) is 0 Å². The number of carbonyl (C=O) groups excluding carboxylic acids is 1. The lowest BCUT2D eigenvalue weighted by Gasteiger charge is -2.10. The van der Waals surface area contributed by atoms with E-state index in [1.54, 1.807) is 6.07 Å². The molecule has 0 radical (unpaired) electrons. The van der Waals surface area contributed by atoms with Crippen LogP contribution in [0.2, 0.25) is 0 Å². The van der Waals surface area contributed by atoms with Crippen LogP contribution in [-0.4, -0.2) is 22.4 Å². The molecule has 0 unspecified atom stereocenters. The van der Waals surface area contributed by atoms with Gasteiger partial charge in [-0.05, 0) is 43.0 Å². The second-order valence-electron chi connectivity index (χ2n) is 6.00. The molecule has 1 aromatic carbocycles. The molecule has 0 bridgehead atoms. The number of benzene rings is 1. The Balaban J connectivity index is 2.11. The van der Waals surface area contributed by atoms with E-state index in [2.05, 4.69) is 41.4 Å². The summed E-state index contributed by atoms with van der Waals surface area (Å²) in [6, 6.07) is 9.52. The molecule has 2 N–H and O–H groups in total. The molecule has 0 saturated heterocycles. The maximum Gasteiger partial charge on any atom is 0.274 e. The van der Waals surface area contributed by atoms with E-state index in [4.69, 9.17) is 0 Å². The number of amides is 1. The van der Waals surface area contributed by atoms with Crippen molar-refractivity contribution in [2.24, 2.45) is 5.92 Å². The summed E-state index contributed by atoms with van der Waals surface area (Å²) < 4.78 is 0.